The van der Waals surface area contributed by atoms with Crippen LogP contribution in [0.4, 0.5) is 0 Å². The van der Waals surface area contributed by atoms with Crippen molar-refractivity contribution in [2.24, 2.45) is 10.7 Å². The Morgan fingerprint density at radius 2 is 1.68 bits per heavy atom. The number of nitrogens with two attached hydrogens (primary N) is 1. The molecule has 0 aliphatic rings. The molecule has 0 atom stereocenters. The molecule has 4 aromatic carbocycles. The highest BCUT2D eigenvalue weighted by Crippen LogP contribution is 2.35. The van der Waals surface area contributed by atoms with Crippen LogP contribution >= 0.6 is 0 Å². The summed E-state index contributed by atoms with van der Waals surface area (Å²) >= 11 is 0. The molecule has 0 fully saturated rings. The van der Waals surface area contributed by atoms with Gasteiger partial charge in [-0.25, -0.2) is 4.98 Å². The molecule has 0 aliphatic heterocycles. The van der Waals surface area contributed by atoms with Crippen molar-refractivity contribution in [3.05, 3.63) is 60.0 Å². The summed E-state index contributed by atoms with van der Waals surface area (Å²) < 4.78 is 0. The highest BCUT2D eigenvalue weighted by Gasteiger charge is 2.14. The van der Waals surface area contributed by atoms with E-state index in [4.69, 9.17) is 15.7 Å². The van der Waals surface area contributed by atoms with Crippen molar-refractivity contribution in [2.75, 3.05) is 13.1 Å². The van der Waals surface area contributed by atoms with Crippen LogP contribution in [0.15, 0.2) is 59.6 Å². The first-order valence-corrected chi connectivity index (χ1v) is 10.1. The van der Waals surface area contributed by atoms with E-state index in [1.54, 1.807) is 0 Å². The first kappa shape index (κ1) is 17.1. The first-order chi connectivity index (χ1) is 13.9. The van der Waals surface area contributed by atoms with Gasteiger partial charge in [-0.05, 0) is 37.6 Å². The third kappa shape index (κ3) is 2.81. The van der Waals surface area contributed by atoms with E-state index in [1.807, 2.05) is 12.1 Å². The maximum atomic E-state index is 5.57. The average molecular weight is 368 g/mol. The third-order valence-corrected chi connectivity index (χ3v) is 5.57. The number of fused-ring (bicyclic) bond motifs is 4. The Labute approximate surface area is 163 Å². The van der Waals surface area contributed by atoms with Crippen molar-refractivity contribution in [2.45, 2.75) is 25.7 Å². The van der Waals surface area contributed by atoms with E-state index < -0.39 is 0 Å². The molecule has 5 aromatic rings. The van der Waals surface area contributed by atoms with Crippen molar-refractivity contribution in [1.82, 2.24) is 9.97 Å². The molecule has 0 aliphatic carbocycles. The Morgan fingerprint density at radius 3 is 2.61 bits per heavy atom. The Bertz CT molecular complexity index is 1280. The third-order valence-electron chi connectivity index (χ3n) is 5.57. The fourth-order valence-electron chi connectivity index (χ4n) is 4.18. The second-order valence-corrected chi connectivity index (χ2v) is 7.42. The van der Waals surface area contributed by atoms with Gasteiger partial charge in [0.25, 0.3) is 0 Å². The monoisotopic (exact) mass is 368 g/mol. The van der Waals surface area contributed by atoms with Gasteiger partial charge in [0.15, 0.2) is 0 Å². The highest BCUT2D eigenvalue weighted by molar-refractivity contribution is 6.28. The smallest absolute Gasteiger partial charge is 0.0957 e. The molecule has 1 heterocycles. The van der Waals surface area contributed by atoms with Crippen molar-refractivity contribution in [3.8, 4) is 0 Å². The molecule has 0 saturated carbocycles. The van der Waals surface area contributed by atoms with Gasteiger partial charge in [-0.1, -0.05) is 49.2 Å². The van der Waals surface area contributed by atoms with Crippen molar-refractivity contribution < 1.29 is 0 Å². The van der Waals surface area contributed by atoms with Gasteiger partial charge in [0.05, 0.1) is 27.4 Å². The molecule has 140 valence electrons. The summed E-state index contributed by atoms with van der Waals surface area (Å²) in [6.07, 6.45) is 4.61. The number of aromatic nitrogens is 2. The molecule has 0 bridgehead atoms. The van der Waals surface area contributed by atoms with Crippen molar-refractivity contribution in [1.29, 1.82) is 0 Å². The number of hydrogen-bond donors (Lipinski definition) is 2. The van der Waals surface area contributed by atoms with E-state index >= 15 is 0 Å². The minimum atomic E-state index is 0.784. The quantitative estimate of drug-likeness (QED) is 0.419. The van der Waals surface area contributed by atoms with Crippen molar-refractivity contribution in [3.63, 3.8) is 0 Å². The summed E-state index contributed by atoms with van der Waals surface area (Å²) in [5.41, 5.74) is 9.78. The van der Waals surface area contributed by atoms with Gasteiger partial charge in [0.2, 0.25) is 0 Å². The van der Waals surface area contributed by atoms with Crippen LogP contribution in [0.3, 0.4) is 0 Å². The lowest BCUT2D eigenvalue weighted by Crippen LogP contribution is -2.04. The molecule has 0 saturated heterocycles. The number of aromatic amines is 1. The molecule has 3 N–H and O–H groups in total. The predicted molar refractivity (Wildman–Crippen MR) is 118 cm³/mol. The van der Waals surface area contributed by atoms with E-state index in [2.05, 4.69) is 47.4 Å². The predicted octanol–water partition coefficient (Wildman–Crippen LogP) is 4.88. The van der Waals surface area contributed by atoms with Crippen LogP contribution in [-0.4, -0.2) is 23.1 Å². The van der Waals surface area contributed by atoms with Crippen LogP contribution in [0.1, 0.15) is 25.7 Å². The van der Waals surface area contributed by atoms with Gasteiger partial charge in [0.1, 0.15) is 0 Å². The molecule has 0 radical (unpaired) electrons. The zero-order chi connectivity index (χ0) is 18.9. The fourth-order valence-corrected chi connectivity index (χ4v) is 4.18. The molecule has 0 amide bonds. The largest absolute Gasteiger partial charge is 0.351 e. The molecule has 0 spiro atoms. The number of para-hydroxylation sites is 2. The fraction of sp³-hybridized carbons (Fsp3) is 0.250. The Kier molecular flexibility index (Phi) is 4.41. The minimum absolute atomic E-state index is 0.784. The van der Waals surface area contributed by atoms with Crippen LogP contribution in [-0.2, 0) is 0 Å². The molecule has 1 aromatic heterocycles. The molecular weight excluding hydrogens is 344 g/mol. The normalized spacial score (nSPS) is 12.8. The number of unbranched alkanes of at least 4 members (excludes halogenated alkanes) is 3. The average Bonchev–Trinajstić information content (AvgIpc) is 3.05. The van der Waals surface area contributed by atoms with Crippen LogP contribution in [0.25, 0.3) is 43.6 Å². The van der Waals surface area contributed by atoms with Gasteiger partial charge in [-0.3, -0.25) is 4.99 Å². The first-order valence-electron chi connectivity index (χ1n) is 10.1. The Balaban J connectivity index is 1.65. The van der Waals surface area contributed by atoms with Gasteiger partial charge in [0, 0.05) is 28.1 Å². The van der Waals surface area contributed by atoms with E-state index in [0.717, 1.165) is 53.4 Å². The number of hydrogen-bond acceptors (Lipinski definition) is 3. The topological polar surface area (TPSA) is 67.1 Å². The zero-order valence-electron chi connectivity index (χ0n) is 15.9. The van der Waals surface area contributed by atoms with E-state index in [-0.39, 0.29) is 0 Å². The van der Waals surface area contributed by atoms with E-state index in [1.165, 1.54) is 34.4 Å². The zero-order valence-corrected chi connectivity index (χ0v) is 15.9. The maximum Gasteiger partial charge on any atom is 0.0957 e. The highest BCUT2D eigenvalue weighted by atomic mass is 14.8. The summed E-state index contributed by atoms with van der Waals surface area (Å²) in [5, 5.41) is 5.98. The summed E-state index contributed by atoms with van der Waals surface area (Å²) in [5.74, 6) is 0. The Morgan fingerprint density at radius 1 is 0.821 bits per heavy atom. The van der Waals surface area contributed by atoms with Crippen molar-refractivity contribution >= 4 is 43.6 Å². The molecular formula is C24H24N4. The maximum absolute atomic E-state index is 5.57. The minimum Gasteiger partial charge on any atom is -0.351 e. The number of H-pyrrole nitrogens is 1. The van der Waals surface area contributed by atoms with Gasteiger partial charge >= 0.3 is 0 Å². The number of benzene rings is 3. The molecule has 5 rings (SSSR count). The number of rotatable bonds is 6. The lowest BCUT2D eigenvalue weighted by molar-refractivity contribution is 0.650. The SMILES string of the molecule is NCCCCCCN=c1ccc2c3[nH]c4ccccc4nc3c3cccc1c32. The summed E-state index contributed by atoms with van der Waals surface area (Å²) in [6, 6.07) is 19.0. The van der Waals surface area contributed by atoms with Gasteiger partial charge in [-0.15, -0.1) is 0 Å². The summed E-state index contributed by atoms with van der Waals surface area (Å²) in [7, 11) is 0. The summed E-state index contributed by atoms with van der Waals surface area (Å²) in [6.45, 7) is 1.65. The molecule has 28 heavy (non-hydrogen) atoms. The van der Waals surface area contributed by atoms with E-state index in [0.29, 0.717) is 0 Å². The Hall–Kier alpha value is -2.98. The molecule has 0 unspecified atom stereocenters. The summed E-state index contributed by atoms with van der Waals surface area (Å²) in [4.78, 5) is 13.5. The van der Waals surface area contributed by atoms with Crippen LogP contribution in [0.5, 0.6) is 0 Å². The molecule has 4 nitrogen and oxygen atoms in total. The second kappa shape index (κ2) is 7.21. The van der Waals surface area contributed by atoms with Crippen LogP contribution in [0.2, 0.25) is 0 Å². The standard InChI is InChI=1S/C24H24N4/c25-14-5-1-2-6-15-26-19-13-12-18-22-16(19)8-7-9-17(22)23-24(18)28-21-11-4-3-10-20(21)27-23/h3-4,7-13,28H,1-2,5-6,14-15,25H2. The van der Waals surface area contributed by atoms with Crippen LogP contribution in [0, 0.1) is 0 Å². The van der Waals surface area contributed by atoms with Gasteiger partial charge in [-0.2, -0.15) is 0 Å². The van der Waals surface area contributed by atoms with Crippen LogP contribution < -0.4 is 11.1 Å². The lowest BCUT2D eigenvalue weighted by atomic mass is 10.1. The lowest BCUT2D eigenvalue weighted by Gasteiger charge is -2.01. The second-order valence-electron chi connectivity index (χ2n) is 7.42. The molecule has 4 heteroatoms. The van der Waals surface area contributed by atoms with E-state index in [9.17, 15) is 0 Å². The van der Waals surface area contributed by atoms with Gasteiger partial charge < -0.3 is 10.7 Å². The number of nitrogens with one attached hydrogen (secondary N) is 1. The number of nitrogens with zero attached hydrogens (tertiary/aromatic N) is 2.